The molecule has 1 aliphatic heterocycles. The highest BCUT2D eigenvalue weighted by Gasteiger charge is 2.20. The van der Waals surface area contributed by atoms with E-state index in [2.05, 4.69) is 14.8 Å². The van der Waals surface area contributed by atoms with Crippen LogP contribution >= 0.6 is 50.9 Å². The molecule has 8 heteroatoms. The Morgan fingerprint density at radius 2 is 1.58 bits per heavy atom. The van der Waals surface area contributed by atoms with Gasteiger partial charge in [-0.15, -0.1) is 50.9 Å². The predicted molar refractivity (Wildman–Crippen MR) is 118 cm³/mol. The predicted octanol–water partition coefficient (Wildman–Crippen LogP) is 3.81. The van der Waals surface area contributed by atoms with Crippen LogP contribution in [0.3, 0.4) is 0 Å². The van der Waals surface area contributed by atoms with Gasteiger partial charge in [-0.25, -0.2) is 4.39 Å². The minimum atomic E-state index is -0.493. The maximum Gasteiger partial charge on any atom is 0.123 e. The molecule has 0 amide bonds. The third-order valence-corrected chi connectivity index (χ3v) is 4.28. The highest BCUT2D eigenvalue weighted by atomic mass is 79.9. The molecule has 146 valence electrons. The largest absolute Gasteiger partial charge is 0.387 e. The van der Waals surface area contributed by atoms with Gasteiger partial charge in [-0.05, 0) is 23.8 Å². The third kappa shape index (κ3) is 7.70. The van der Waals surface area contributed by atoms with E-state index in [0.29, 0.717) is 6.54 Å². The summed E-state index contributed by atoms with van der Waals surface area (Å²) >= 11 is 0. The summed E-state index contributed by atoms with van der Waals surface area (Å²) in [5.74, 6) is -0.192. The molecule has 1 N–H and O–H groups in total. The van der Waals surface area contributed by atoms with E-state index in [9.17, 15) is 9.50 Å². The Kier molecular flexibility index (Phi) is 12.7. The van der Waals surface area contributed by atoms with Gasteiger partial charge in [-0.2, -0.15) is 0 Å². The normalized spacial score (nSPS) is 15.9. The van der Waals surface area contributed by atoms with Crippen molar-refractivity contribution in [1.82, 2.24) is 14.8 Å². The molecule has 2 aromatic rings. The van der Waals surface area contributed by atoms with Crippen molar-refractivity contribution in [3.63, 3.8) is 0 Å². The van der Waals surface area contributed by atoms with Crippen LogP contribution in [0.25, 0.3) is 0 Å². The first-order valence-electron chi connectivity index (χ1n) is 7.98. The molecule has 1 atom stereocenters. The van der Waals surface area contributed by atoms with Gasteiger partial charge in [0.1, 0.15) is 5.82 Å². The Morgan fingerprint density at radius 1 is 0.962 bits per heavy atom. The lowest BCUT2D eigenvalue weighted by atomic mass is 10.1. The molecule has 4 nitrogen and oxygen atoms in total. The van der Waals surface area contributed by atoms with Crippen LogP contribution in [0.2, 0.25) is 0 Å². The number of aliphatic hydroxyl groups excluding tert-OH is 1. The number of hydrogen-bond donors (Lipinski definition) is 1. The number of benzene rings is 1. The molecule has 0 saturated carbocycles. The highest BCUT2D eigenvalue weighted by molar-refractivity contribution is 8.93. The molecule has 3 rings (SSSR count). The Balaban J connectivity index is 0.00000208. The Labute approximate surface area is 185 Å². The summed E-state index contributed by atoms with van der Waals surface area (Å²) in [4.78, 5) is 8.69. The first-order valence-corrected chi connectivity index (χ1v) is 7.98. The maximum atomic E-state index is 12.9. The molecule has 1 saturated heterocycles. The molecule has 0 radical (unpaired) electrons. The van der Waals surface area contributed by atoms with Gasteiger partial charge in [-0.3, -0.25) is 14.8 Å². The third-order valence-electron chi connectivity index (χ3n) is 4.28. The van der Waals surface area contributed by atoms with Crippen molar-refractivity contribution in [3.05, 3.63) is 65.7 Å². The zero-order valence-electron chi connectivity index (χ0n) is 14.3. The van der Waals surface area contributed by atoms with Gasteiger partial charge in [0.15, 0.2) is 0 Å². The second-order valence-corrected chi connectivity index (χ2v) is 6.01. The van der Waals surface area contributed by atoms with E-state index in [1.165, 1.54) is 12.1 Å². The van der Waals surface area contributed by atoms with Crippen LogP contribution in [0.1, 0.15) is 17.2 Å². The van der Waals surface area contributed by atoms with Crippen LogP contribution in [0.4, 0.5) is 4.39 Å². The lowest BCUT2D eigenvalue weighted by molar-refractivity contribution is 0.0699. The SMILES string of the molecule is Br.Br.Br.OC(CN1CCN(Cc2ccc(F)cc2)CC1)c1cccnc1. The van der Waals surface area contributed by atoms with Crippen molar-refractivity contribution in [2.75, 3.05) is 32.7 Å². The van der Waals surface area contributed by atoms with Crippen LogP contribution in [0.5, 0.6) is 0 Å². The summed E-state index contributed by atoms with van der Waals surface area (Å²) in [7, 11) is 0. The smallest absolute Gasteiger partial charge is 0.123 e. The number of aromatic nitrogens is 1. The number of halogens is 4. The molecule has 1 unspecified atom stereocenters. The summed E-state index contributed by atoms with van der Waals surface area (Å²) in [6, 6.07) is 10.5. The molecular formula is C18H25Br3FN3O. The lowest BCUT2D eigenvalue weighted by Gasteiger charge is -2.35. The second-order valence-electron chi connectivity index (χ2n) is 6.01. The molecule has 0 bridgehead atoms. The minimum absolute atomic E-state index is 0. The summed E-state index contributed by atoms with van der Waals surface area (Å²) in [5, 5.41) is 10.3. The van der Waals surface area contributed by atoms with E-state index < -0.39 is 6.10 Å². The molecule has 0 spiro atoms. The molecule has 1 aromatic carbocycles. The molecule has 1 aliphatic rings. The summed E-state index contributed by atoms with van der Waals surface area (Å²) in [6.45, 7) is 5.25. The molecule has 26 heavy (non-hydrogen) atoms. The van der Waals surface area contributed by atoms with Crippen molar-refractivity contribution in [3.8, 4) is 0 Å². The Bertz CT molecular complexity index is 611. The zero-order valence-corrected chi connectivity index (χ0v) is 19.5. The fraction of sp³-hybridized carbons (Fsp3) is 0.389. The summed E-state index contributed by atoms with van der Waals surface area (Å²) < 4.78 is 12.9. The Hall–Kier alpha value is -0.380. The van der Waals surface area contributed by atoms with Gasteiger partial charge < -0.3 is 5.11 Å². The topological polar surface area (TPSA) is 39.6 Å². The van der Waals surface area contributed by atoms with Gasteiger partial charge in [0.2, 0.25) is 0 Å². The number of piperazine rings is 1. The quantitative estimate of drug-likeness (QED) is 0.607. The number of rotatable bonds is 5. The number of pyridine rings is 1. The zero-order chi connectivity index (χ0) is 16.1. The van der Waals surface area contributed by atoms with Gasteiger partial charge in [0, 0.05) is 57.2 Å². The van der Waals surface area contributed by atoms with E-state index in [1.54, 1.807) is 12.4 Å². The monoisotopic (exact) mass is 555 g/mol. The molecule has 0 aliphatic carbocycles. The number of aliphatic hydroxyl groups is 1. The van der Waals surface area contributed by atoms with E-state index in [-0.39, 0.29) is 56.8 Å². The first-order chi connectivity index (χ1) is 11.2. The fourth-order valence-corrected chi connectivity index (χ4v) is 2.90. The van der Waals surface area contributed by atoms with Crippen LogP contribution in [0.15, 0.2) is 48.8 Å². The first kappa shape index (κ1) is 25.6. The molecular weight excluding hydrogens is 533 g/mol. The van der Waals surface area contributed by atoms with Crippen LogP contribution in [-0.4, -0.2) is 52.6 Å². The highest BCUT2D eigenvalue weighted by Crippen LogP contribution is 2.15. The van der Waals surface area contributed by atoms with Gasteiger partial charge >= 0.3 is 0 Å². The number of hydrogen-bond acceptors (Lipinski definition) is 4. The number of nitrogens with zero attached hydrogens (tertiary/aromatic N) is 3. The average Bonchev–Trinajstić information content (AvgIpc) is 2.59. The molecule has 2 heterocycles. The number of β-amino-alcohol motifs (C(OH)–C–C–N with tert-alkyl or cyclic N) is 1. The van der Waals surface area contributed by atoms with E-state index >= 15 is 0 Å². The van der Waals surface area contributed by atoms with Crippen molar-refractivity contribution in [1.29, 1.82) is 0 Å². The fourth-order valence-electron chi connectivity index (χ4n) is 2.90. The van der Waals surface area contributed by atoms with E-state index in [1.807, 2.05) is 24.3 Å². The van der Waals surface area contributed by atoms with Gasteiger partial charge in [0.25, 0.3) is 0 Å². The lowest BCUT2D eigenvalue weighted by Crippen LogP contribution is -2.47. The summed E-state index contributed by atoms with van der Waals surface area (Å²) in [6.07, 6.45) is 2.94. The van der Waals surface area contributed by atoms with Crippen LogP contribution < -0.4 is 0 Å². The van der Waals surface area contributed by atoms with E-state index in [0.717, 1.165) is 43.9 Å². The standard InChI is InChI=1S/C18H22FN3O.3BrH/c19-17-5-3-15(4-6-17)13-21-8-10-22(11-9-21)14-18(23)16-2-1-7-20-12-16;;;/h1-7,12,18,23H,8-11,13-14H2;3*1H. The van der Waals surface area contributed by atoms with Crippen molar-refractivity contribution < 1.29 is 9.50 Å². The molecule has 1 fully saturated rings. The van der Waals surface area contributed by atoms with Crippen LogP contribution in [0, 0.1) is 5.82 Å². The van der Waals surface area contributed by atoms with Crippen molar-refractivity contribution >= 4 is 50.9 Å². The Morgan fingerprint density at radius 3 is 2.15 bits per heavy atom. The van der Waals surface area contributed by atoms with Crippen molar-refractivity contribution in [2.24, 2.45) is 0 Å². The maximum absolute atomic E-state index is 12.9. The van der Waals surface area contributed by atoms with E-state index in [4.69, 9.17) is 0 Å². The van der Waals surface area contributed by atoms with Crippen molar-refractivity contribution in [2.45, 2.75) is 12.6 Å². The second kappa shape index (κ2) is 12.9. The summed E-state index contributed by atoms with van der Waals surface area (Å²) in [5.41, 5.74) is 2.00. The van der Waals surface area contributed by atoms with Crippen LogP contribution in [-0.2, 0) is 6.54 Å². The minimum Gasteiger partial charge on any atom is -0.387 e. The van der Waals surface area contributed by atoms with Gasteiger partial charge in [0.05, 0.1) is 6.10 Å². The van der Waals surface area contributed by atoms with Gasteiger partial charge in [-0.1, -0.05) is 18.2 Å². The molecule has 1 aromatic heterocycles. The average molecular weight is 558 g/mol.